The number of rotatable bonds is 5. The molecule has 14 heteroatoms. The second-order valence-electron chi connectivity index (χ2n) is 7.41. The summed E-state index contributed by atoms with van der Waals surface area (Å²) in [5.74, 6) is -0.457. The molecular formula is C20H17F6N7O. The summed E-state index contributed by atoms with van der Waals surface area (Å²) in [5.41, 5.74) is -1.98. The van der Waals surface area contributed by atoms with Gasteiger partial charge in [0.1, 0.15) is 11.5 Å². The van der Waals surface area contributed by atoms with Crippen LogP contribution in [0.2, 0.25) is 0 Å². The summed E-state index contributed by atoms with van der Waals surface area (Å²) < 4.78 is 78.1. The van der Waals surface area contributed by atoms with E-state index in [1.807, 2.05) is 0 Å². The van der Waals surface area contributed by atoms with Gasteiger partial charge in [0.25, 0.3) is 0 Å². The lowest BCUT2D eigenvalue weighted by Crippen LogP contribution is -2.24. The second kappa shape index (κ2) is 8.93. The third-order valence-corrected chi connectivity index (χ3v) is 4.80. The SMILES string of the molecule is OC1CCN(c2nc(Nc3cccc(C(F)(F)F)c3)nc(Nc3cccc(C(F)(F)F)n3)n2)C1. The Hall–Kier alpha value is -3.68. The summed E-state index contributed by atoms with van der Waals surface area (Å²) in [7, 11) is 0. The number of aliphatic hydroxyl groups is 1. The summed E-state index contributed by atoms with van der Waals surface area (Å²) in [6.45, 7) is 0.601. The highest BCUT2D eigenvalue weighted by molar-refractivity contribution is 5.59. The van der Waals surface area contributed by atoms with E-state index in [1.54, 1.807) is 4.90 Å². The average Bonchev–Trinajstić information content (AvgIpc) is 3.19. The molecule has 1 atom stereocenters. The number of pyridine rings is 1. The smallest absolute Gasteiger partial charge is 0.391 e. The van der Waals surface area contributed by atoms with Crippen molar-refractivity contribution in [3.63, 3.8) is 0 Å². The summed E-state index contributed by atoms with van der Waals surface area (Å²) in [5, 5.41) is 15.0. The molecule has 0 spiro atoms. The lowest BCUT2D eigenvalue weighted by atomic mass is 10.2. The van der Waals surface area contributed by atoms with Gasteiger partial charge in [-0.1, -0.05) is 12.1 Å². The van der Waals surface area contributed by atoms with Gasteiger partial charge >= 0.3 is 12.4 Å². The average molecular weight is 485 g/mol. The number of alkyl halides is 6. The summed E-state index contributed by atoms with van der Waals surface area (Å²) in [4.78, 5) is 17.5. The molecule has 3 aromatic rings. The van der Waals surface area contributed by atoms with E-state index in [9.17, 15) is 31.4 Å². The number of halogens is 6. The van der Waals surface area contributed by atoms with Crippen LogP contribution < -0.4 is 15.5 Å². The molecule has 0 radical (unpaired) electrons. The highest BCUT2D eigenvalue weighted by Gasteiger charge is 2.33. The van der Waals surface area contributed by atoms with Crippen LogP contribution in [0.5, 0.6) is 0 Å². The maximum atomic E-state index is 13.0. The summed E-state index contributed by atoms with van der Waals surface area (Å²) in [6, 6.07) is 7.58. The predicted octanol–water partition coefficient (Wildman–Crippen LogP) is 4.36. The maximum absolute atomic E-state index is 13.0. The maximum Gasteiger partial charge on any atom is 0.433 e. The van der Waals surface area contributed by atoms with Gasteiger partial charge in [0.05, 0.1) is 11.7 Å². The van der Waals surface area contributed by atoms with Crippen molar-refractivity contribution in [2.24, 2.45) is 0 Å². The van der Waals surface area contributed by atoms with E-state index >= 15 is 0 Å². The van der Waals surface area contributed by atoms with Crippen molar-refractivity contribution in [2.45, 2.75) is 24.9 Å². The number of aliphatic hydroxyl groups excluding tert-OH is 1. The van der Waals surface area contributed by atoms with E-state index in [-0.39, 0.29) is 35.9 Å². The molecule has 180 valence electrons. The molecule has 0 aliphatic carbocycles. The van der Waals surface area contributed by atoms with Crippen LogP contribution in [0.15, 0.2) is 42.5 Å². The Kier molecular flexibility index (Phi) is 6.17. The molecular weight excluding hydrogens is 468 g/mol. The van der Waals surface area contributed by atoms with Gasteiger partial charge in [-0.2, -0.15) is 41.3 Å². The Bertz CT molecular complexity index is 1090. The van der Waals surface area contributed by atoms with Crippen LogP contribution in [-0.4, -0.2) is 44.2 Å². The lowest BCUT2D eigenvalue weighted by Gasteiger charge is -2.18. The standard InChI is InChI=1S/C20H17F6N7O/c21-19(22,23)11-3-1-4-12(9-11)27-16-30-17(32-18(31-16)33-8-7-13(34)10-33)29-15-6-2-5-14(28-15)20(24,25)26/h1-6,9,13,34H,7-8,10H2,(H2,27,28,29,30,31,32). The first kappa shape index (κ1) is 23.5. The van der Waals surface area contributed by atoms with Gasteiger partial charge in [0.15, 0.2) is 0 Å². The molecule has 3 N–H and O–H groups in total. The molecule has 3 heterocycles. The highest BCUT2D eigenvalue weighted by atomic mass is 19.4. The minimum Gasteiger partial charge on any atom is -0.391 e. The fourth-order valence-corrected chi connectivity index (χ4v) is 3.22. The van der Waals surface area contributed by atoms with Gasteiger partial charge in [-0.15, -0.1) is 0 Å². The van der Waals surface area contributed by atoms with E-state index in [2.05, 4.69) is 30.6 Å². The Morgan fingerprint density at radius 1 is 0.853 bits per heavy atom. The van der Waals surface area contributed by atoms with Crippen molar-refractivity contribution in [3.05, 3.63) is 53.7 Å². The van der Waals surface area contributed by atoms with Gasteiger partial charge in [-0.25, -0.2) is 4.98 Å². The Balaban J connectivity index is 1.66. The molecule has 0 bridgehead atoms. The van der Waals surface area contributed by atoms with Crippen molar-refractivity contribution in [1.82, 2.24) is 19.9 Å². The first-order valence-electron chi connectivity index (χ1n) is 9.92. The molecule has 34 heavy (non-hydrogen) atoms. The monoisotopic (exact) mass is 485 g/mol. The van der Waals surface area contributed by atoms with E-state index in [0.29, 0.717) is 13.0 Å². The fourth-order valence-electron chi connectivity index (χ4n) is 3.22. The number of β-amino-alcohol motifs (C(OH)–C–C–N with tert-alkyl or cyclic N) is 1. The molecule has 1 aromatic carbocycles. The van der Waals surface area contributed by atoms with Crippen LogP contribution in [0.4, 0.5) is 55.7 Å². The van der Waals surface area contributed by atoms with Crippen LogP contribution in [0.3, 0.4) is 0 Å². The quantitative estimate of drug-likeness (QED) is 0.459. The first-order chi connectivity index (χ1) is 16.0. The third-order valence-electron chi connectivity index (χ3n) is 4.80. The van der Waals surface area contributed by atoms with Gasteiger partial charge in [-0.05, 0) is 36.8 Å². The van der Waals surface area contributed by atoms with E-state index < -0.39 is 29.7 Å². The molecule has 1 fully saturated rings. The number of anilines is 5. The lowest BCUT2D eigenvalue weighted by molar-refractivity contribution is -0.141. The van der Waals surface area contributed by atoms with Crippen LogP contribution in [0, 0.1) is 0 Å². The van der Waals surface area contributed by atoms with Gasteiger partial charge in [0.2, 0.25) is 17.8 Å². The molecule has 2 aromatic heterocycles. The highest BCUT2D eigenvalue weighted by Crippen LogP contribution is 2.32. The predicted molar refractivity (Wildman–Crippen MR) is 110 cm³/mol. The molecule has 1 saturated heterocycles. The van der Waals surface area contributed by atoms with Crippen LogP contribution in [-0.2, 0) is 12.4 Å². The third kappa shape index (κ3) is 5.62. The molecule has 1 aliphatic rings. The second-order valence-corrected chi connectivity index (χ2v) is 7.41. The van der Waals surface area contributed by atoms with E-state index in [4.69, 9.17) is 0 Å². The molecule has 0 amide bonds. The first-order valence-corrected chi connectivity index (χ1v) is 9.92. The Labute approximate surface area is 188 Å². The Morgan fingerprint density at radius 2 is 1.56 bits per heavy atom. The molecule has 4 rings (SSSR count). The van der Waals surface area contributed by atoms with Crippen molar-refractivity contribution in [2.75, 3.05) is 28.6 Å². The van der Waals surface area contributed by atoms with Crippen molar-refractivity contribution < 1.29 is 31.4 Å². The van der Waals surface area contributed by atoms with Crippen molar-refractivity contribution >= 4 is 29.4 Å². The summed E-state index contributed by atoms with van der Waals surface area (Å²) in [6.07, 6.45) is -9.41. The molecule has 8 nitrogen and oxygen atoms in total. The number of hydrogen-bond acceptors (Lipinski definition) is 8. The van der Waals surface area contributed by atoms with Gasteiger partial charge in [0, 0.05) is 18.8 Å². The largest absolute Gasteiger partial charge is 0.433 e. The zero-order valence-electron chi connectivity index (χ0n) is 17.2. The summed E-state index contributed by atoms with van der Waals surface area (Å²) >= 11 is 0. The zero-order valence-corrected chi connectivity index (χ0v) is 17.2. The number of nitrogens with one attached hydrogen (secondary N) is 2. The van der Waals surface area contributed by atoms with Gasteiger partial charge in [-0.3, -0.25) is 0 Å². The van der Waals surface area contributed by atoms with Crippen molar-refractivity contribution in [1.29, 1.82) is 0 Å². The minimum absolute atomic E-state index is 0.0385. The van der Waals surface area contributed by atoms with Gasteiger partial charge < -0.3 is 20.6 Å². The van der Waals surface area contributed by atoms with E-state index in [1.165, 1.54) is 18.2 Å². The molecule has 1 aliphatic heterocycles. The number of aromatic nitrogens is 4. The molecule has 1 unspecified atom stereocenters. The number of hydrogen-bond donors (Lipinski definition) is 3. The number of benzene rings is 1. The number of nitrogens with zero attached hydrogens (tertiary/aromatic N) is 5. The normalized spacial score (nSPS) is 16.6. The van der Waals surface area contributed by atoms with Crippen molar-refractivity contribution in [3.8, 4) is 0 Å². The Morgan fingerprint density at radius 3 is 2.21 bits per heavy atom. The zero-order chi connectivity index (χ0) is 24.5. The van der Waals surface area contributed by atoms with Crippen LogP contribution >= 0.6 is 0 Å². The van der Waals surface area contributed by atoms with E-state index in [0.717, 1.165) is 24.3 Å². The van der Waals surface area contributed by atoms with Crippen LogP contribution in [0.25, 0.3) is 0 Å². The fraction of sp³-hybridized carbons (Fsp3) is 0.300. The minimum atomic E-state index is -4.66. The molecule has 0 saturated carbocycles. The topological polar surface area (TPSA) is 99.1 Å². The van der Waals surface area contributed by atoms with Crippen LogP contribution in [0.1, 0.15) is 17.7 Å².